The zero-order valence-electron chi connectivity index (χ0n) is 13.5. The van der Waals surface area contributed by atoms with E-state index in [9.17, 15) is 14.7 Å². The number of rotatable bonds is 7. The van der Waals surface area contributed by atoms with Crippen LogP contribution in [-0.2, 0) is 16.0 Å². The number of nitrogens with zero attached hydrogens (tertiary/aromatic N) is 1. The molecular formula is C17H19NO3S3. The van der Waals surface area contributed by atoms with Crippen LogP contribution in [0.15, 0.2) is 29.2 Å². The van der Waals surface area contributed by atoms with Crippen molar-refractivity contribution >= 4 is 58.0 Å². The Morgan fingerprint density at radius 2 is 2.08 bits per heavy atom. The number of thioether (sulfide) groups is 2. The van der Waals surface area contributed by atoms with Gasteiger partial charge in [0, 0.05) is 0 Å². The van der Waals surface area contributed by atoms with Crippen LogP contribution < -0.4 is 0 Å². The third-order valence-electron chi connectivity index (χ3n) is 3.70. The lowest BCUT2D eigenvalue weighted by Crippen LogP contribution is -2.44. The first kappa shape index (κ1) is 19.0. The Kier molecular flexibility index (Phi) is 6.89. The van der Waals surface area contributed by atoms with Gasteiger partial charge in [-0.15, -0.1) is 0 Å². The van der Waals surface area contributed by atoms with Crippen LogP contribution in [0.4, 0.5) is 0 Å². The van der Waals surface area contributed by atoms with Gasteiger partial charge in [0.2, 0.25) is 0 Å². The smallest absolute Gasteiger partial charge is 0.326 e. The first-order chi connectivity index (χ1) is 11.5. The molecule has 0 aliphatic carbocycles. The van der Waals surface area contributed by atoms with Gasteiger partial charge in [-0.05, 0) is 42.1 Å². The molecule has 128 valence electrons. The van der Waals surface area contributed by atoms with E-state index >= 15 is 0 Å². The van der Waals surface area contributed by atoms with E-state index in [2.05, 4.69) is 6.92 Å². The number of amides is 1. The summed E-state index contributed by atoms with van der Waals surface area (Å²) in [5.74, 6) is -0.682. The van der Waals surface area contributed by atoms with E-state index in [0.717, 1.165) is 23.7 Å². The Hall–Kier alpha value is -1.31. The summed E-state index contributed by atoms with van der Waals surface area (Å²) >= 11 is 7.97. The molecule has 1 N–H and O–H groups in total. The summed E-state index contributed by atoms with van der Waals surface area (Å²) in [6, 6.07) is 7.04. The molecule has 1 atom stereocenters. The molecular weight excluding hydrogens is 362 g/mol. The topological polar surface area (TPSA) is 57.6 Å². The monoisotopic (exact) mass is 381 g/mol. The Labute approximate surface area is 155 Å². The Morgan fingerprint density at radius 3 is 2.62 bits per heavy atom. The summed E-state index contributed by atoms with van der Waals surface area (Å²) in [7, 11) is 0. The van der Waals surface area contributed by atoms with Gasteiger partial charge in [0.1, 0.15) is 10.4 Å². The molecule has 0 radical (unpaired) electrons. The Morgan fingerprint density at radius 1 is 1.42 bits per heavy atom. The van der Waals surface area contributed by atoms with Crippen molar-refractivity contribution in [3.63, 3.8) is 0 Å². The van der Waals surface area contributed by atoms with Crippen molar-refractivity contribution in [3.05, 3.63) is 40.3 Å². The highest BCUT2D eigenvalue weighted by Crippen LogP contribution is 2.34. The van der Waals surface area contributed by atoms with Gasteiger partial charge >= 0.3 is 5.97 Å². The van der Waals surface area contributed by atoms with Gasteiger partial charge in [-0.25, -0.2) is 4.79 Å². The minimum absolute atomic E-state index is 0.310. The summed E-state index contributed by atoms with van der Waals surface area (Å²) in [4.78, 5) is 25.9. The molecule has 7 heteroatoms. The third-order valence-corrected chi connectivity index (χ3v) is 5.68. The predicted octanol–water partition coefficient (Wildman–Crippen LogP) is 3.66. The molecule has 1 aromatic carbocycles. The van der Waals surface area contributed by atoms with Gasteiger partial charge in [-0.1, -0.05) is 55.2 Å². The van der Waals surface area contributed by atoms with Crippen LogP contribution >= 0.6 is 35.7 Å². The Balaban J connectivity index is 2.23. The van der Waals surface area contributed by atoms with Gasteiger partial charge in [0.05, 0.1) is 4.91 Å². The number of benzene rings is 1. The molecule has 24 heavy (non-hydrogen) atoms. The maximum atomic E-state index is 12.6. The van der Waals surface area contributed by atoms with Gasteiger partial charge in [-0.2, -0.15) is 11.8 Å². The summed E-state index contributed by atoms with van der Waals surface area (Å²) in [5.41, 5.74) is 2.13. The van der Waals surface area contributed by atoms with Crippen LogP contribution in [0.5, 0.6) is 0 Å². The second kappa shape index (κ2) is 8.69. The molecule has 1 aliphatic rings. The highest BCUT2D eigenvalue weighted by molar-refractivity contribution is 8.26. The fourth-order valence-corrected chi connectivity index (χ4v) is 4.16. The molecule has 4 nitrogen and oxygen atoms in total. The number of thiocarbonyl (C=S) groups is 1. The van der Waals surface area contributed by atoms with Gasteiger partial charge in [0.15, 0.2) is 0 Å². The molecule has 1 aromatic rings. The second-order valence-electron chi connectivity index (χ2n) is 5.28. The molecule has 0 spiro atoms. The minimum Gasteiger partial charge on any atom is -0.480 e. The highest BCUT2D eigenvalue weighted by atomic mass is 32.2. The average Bonchev–Trinajstić information content (AvgIpc) is 2.83. The van der Waals surface area contributed by atoms with Crippen LogP contribution in [0.25, 0.3) is 6.08 Å². The molecule has 1 fully saturated rings. The second-order valence-corrected chi connectivity index (χ2v) is 7.94. The van der Waals surface area contributed by atoms with Crippen LogP contribution in [0, 0.1) is 0 Å². The molecule has 1 aliphatic heterocycles. The fourth-order valence-electron chi connectivity index (χ4n) is 2.34. The van der Waals surface area contributed by atoms with Crippen molar-refractivity contribution < 1.29 is 14.7 Å². The molecule has 1 saturated heterocycles. The van der Waals surface area contributed by atoms with Crippen molar-refractivity contribution in [2.24, 2.45) is 0 Å². The van der Waals surface area contributed by atoms with E-state index in [1.165, 1.54) is 10.5 Å². The molecule has 0 saturated carbocycles. The van der Waals surface area contributed by atoms with E-state index in [1.807, 2.05) is 30.5 Å². The molecule has 2 rings (SSSR count). The molecule has 1 heterocycles. The average molecular weight is 382 g/mol. The zero-order chi connectivity index (χ0) is 17.7. The molecule has 0 aromatic heterocycles. The van der Waals surface area contributed by atoms with E-state index in [4.69, 9.17) is 12.2 Å². The molecule has 0 unspecified atom stereocenters. The highest BCUT2D eigenvalue weighted by Gasteiger charge is 2.40. The van der Waals surface area contributed by atoms with Crippen LogP contribution in [0.1, 0.15) is 24.5 Å². The minimum atomic E-state index is -1.02. The number of carbonyl (C=O) groups is 2. The fraction of sp³-hybridized carbons (Fsp3) is 0.353. The predicted molar refractivity (Wildman–Crippen MR) is 105 cm³/mol. The molecule has 1 amide bonds. The van der Waals surface area contributed by atoms with E-state index in [1.54, 1.807) is 17.8 Å². The zero-order valence-corrected chi connectivity index (χ0v) is 16.0. The maximum absolute atomic E-state index is 12.6. The van der Waals surface area contributed by atoms with Crippen molar-refractivity contribution in [2.45, 2.75) is 25.8 Å². The standard InChI is InChI=1S/C17H19NO3S3/c1-3-11-4-6-12(7-5-11)10-14-15(19)18(17(22)24-14)13(16(20)21)8-9-23-2/h4-7,10,13H,3,8-9H2,1-2H3,(H,20,21)/b14-10-/t13-/m1/s1. The van der Waals surface area contributed by atoms with Gasteiger partial charge in [-0.3, -0.25) is 9.69 Å². The first-order valence-electron chi connectivity index (χ1n) is 7.55. The van der Waals surface area contributed by atoms with Gasteiger partial charge in [0.25, 0.3) is 5.91 Å². The first-order valence-corrected chi connectivity index (χ1v) is 10.2. The van der Waals surface area contributed by atoms with E-state index in [-0.39, 0.29) is 5.91 Å². The van der Waals surface area contributed by atoms with Crippen LogP contribution in [0.3, 0.4) is 0 Å². The summed E-state index contributed by atoms with van der Waals surface area (Å²) in [5, 5.41) is 9.44. The number of hydrogen-bond donors (Lipinski definition) is 1. The maximum Gasteiger partial charge on any atom is 0.326 e. The Bertz CT molecular complexity index is 670. The van der Waals surface area contributed by atoms with Crippen molar-refractivity contribution in [1.29, 1.82) is 0 Å². The lowest BCUT2D eigenvalue weighted by Gasteiger charge is -2.22. The van der Waals surface area contributed by atoms with Crippen LogP contribution in [-0.4, -0.2) is 44.3 Å². The summed E-state index contributed by atoms with van der Waals surface area (Å²) in [6.45, 7) is 2.08. The largest absolute Gasteiger partial charge is 0.480 e. The third kappa shape index (κ3) is 4.40. The molecule has 0 bridgehead atoms. The quantitative estimate of drug-likeness (QED) is 0.575. The number of aryl methyl sites for hydroxylation is 1. The van der Waals surface area contributed by atoms with E-state index in [0.29, 0.717) is 21.4 Å². The number of carboxylic acid groups (broad SMARTS) is 1. The lowest BCUT2D eigenvalue weighted by molar-refractivity contribution is -0.145. The number of aliphatic carboxylic acids is 1. The lowest BCUT2D eigenvalue weighted by atomic mass is 10.1. The van der Waals surface area contributed by atoms with E-state index < -0.39 is 12.0 Å². The van der Waals surface area contributed by atoms with Gasteiger partial charge < -0.3 is 5.11 Å². The van der Waals surface area contributed by atoms with Crippen molar-refractivity contribution in [2.75, 3.05) is 12.0 Å². The normalized spacial score (nSPS) is 17.6. The number of carbonyl (C=O) groups excluding carboxylic acids is 1. The van der Waals surface area contributed by atoms with Crippen molar-refractivity contribution in [3.8, 4) is 0 Å². The summed E-state index contributed by atoms with van der Waals surface area (Å²) in [6.07, 6.45) is 5.01. The SMILES string of the molecule is CCc1ccc(/C=C2\SC(=S)N([C@H](CCSC)C(=O)O)C2=O)cc1. The number of hydrogen-bond acceptors (Lipinski definition) is 5. The number of carboxylic acids is 1. The van der Waals surface area contributed by atoms with Crippen LogP contribution in [0.2, 0.25) is 0 Å². The van der Waals surface area contributed by atoms with Crippen molar-refractivity contribution in [1.82, 2.24) is 4.90 Å². The summed E-state index contributed by atoms with van der Waals surface area (Å²) < 4.78 is 0.310.